The van der Waals surface area contributed by atoms with E-state index in [1.54, 1.807) is 18.2 Å². The monoisotopic (exact) mass is 311 g/mol. The van der Waals surface area contributed by atoms with Gasteiger partial charge < -0.3 is 14.4 Å². The summed E-state index contributed by atoms with van der Waals surface area (Å²) in [4.78, 5) is 24.0. The maximum Gasteiger partial charge on any atom is 0.106 e. The number of hydrogen-bond donors (Lipinski definition) is 0. The Balaban J connectivity index is -0.0000000122. The van der Waals surface area contributed by atoms with Crippen LogP contribution in [0.5, 0.6) is 0 Å². The third-order valence-corrected chi connectivity index (χ3v) is 0. The molecule has 0 aromatic heterocycles. The van der Waals surface area contributed by atoms with Crippen LogP contribution in [0.15, 0.2) is 0 Å². The Kier molecular flexibility index (Phi) is 4270. The topological polar surface area (TPSA) is 123 Å². The second kappa shape index (κ2) is 1430. The summed E-state index contributed by atoms with van der Waals surface area (Å²) in [7, 11) is 0. The number of nitriles is 3. The fourth-order valence-corrected chi connectivity index (χ4v) is 0. The minimum absolute atomic E-state index is 0. The Morgan fingerprint density at radius 1 is 0.625 bits per heavy atom. The summed E-state index contributed by atoms with van der Waals surface area (Å²) < 4.78 is 0. The van der Waals surface area contributed by atoms with Gasteiger partial charge in [-0.05, 0) is 0 Å². The van der Waals surface area contributed by atoms with Crippen molar-refractivity contribution in [2.24, 2.45) is 0 Å². The van der Waals surface area contributed by atoms with Gasteiger partial charge in [0.25, 0.3) is 0 Å². The molecule has 90 valence electrons. The normalized spacial score (nSPS) is 2.25. The fraction of sp³-hybridized carbons (Fsp3) is 0.333. The summed E-state index contributed by atoms with van der Waals surface area (Å²) in [6, 6.07) is 5.25. The zero-order chi connectivity index (χ0) is 14.1. The van der Waals surface area contributed by atoms with Crippen LogP contribution in [0.25, 0.3) is 0 Å². The fourth-order valence-electron chi connectivity index (χ4n) is 0. The molecular formula is C9H15MoN3O3. The van der Waals surface area contributed by atoms with Gasteiger partial charge >= 0.3 is 0 Å². The largest absolute Gasteiger partial charge is 0.307 e. The molecule has 0 saturated heterocycles. The first-order chi connectivity index (χ1) is 7.24. The average molecular weight is 309 g/mol. The van der Waals surface area contributed by atoms with Crippen molar-refractivity contribution >= 4 is 20.4 Å². The molecule has 0 saturated carbocycles. The number of carbonyl (C=O) groups is 3. The van der Waals surface area contributed by atoms with E-state index in [4.69, 9.17) is 30.2 Å². The van der Waals surface area contributed by atoms with Gasteiger partial charge in [-0.3, -0.25) is 0 Å². The van der Waals surface area contributed by atoms with E-state index in [1.807, 2.05) is 20.4 Å². The Morgan fingerprint density at radius 2 is 0.625 bits per heavy atom. The van der Waals surface area contributed by atoms with Crippen LogP contribution < -0.4 is 0 Å². The molecule has 0 aliphatic carbocycles. The molecule has 0 N–H and O–H groups in total. The van der Waals surface area contributed by atoms with Gasteiger partial charge in [-0.25, -0.2) is 0 Å². The van der Waals surface area contributed by atoms with Crippen LogP contribution >= 0.6 is 0 Å². The molecule has 0 bridgehead atoms. The SMILES string of the molecule is C=O.C=O.C=O.CC#N.CC#N.CC#N.[Mo]. The Morgan fingerprint density at radius 3 is 0.625 bits per heavy atom. The molecule has 0 rings (SSSR count). The van der Waals surface area contributed by atoms with Crippen molar-refractivity contribution in [2.75, 3.05) is 0 Å². The molecule has 16 heavy (non-hydrogen) atoms. The van der Waals surface area contributed by atoms with E-state index in [0.29, 0.717) is 0 Å². The van der Waals surface area contributed by atoms with E-state index in [1.165, 1.54) is 20.8 Å². The van der Waals surface area contributed by atoms with E-state index in [9.17, 15) is 0 Å². The molecule has 0 heterocycles. The van der Waals surface area contributed by atoms with Gasteiger partial charge in [0.2, 0.25) is 0 Å². The van der Waals surface area contributed by atoms with Crippen LogP contribution in [-0.2, 0) is 35.4 Å². The molecule has 0 aromatic carbocycles. The third kappa shape index (κ3) is 452. The molecular weight excluding hydrogens is 294 g/mol. The zero-order valence-corrected chi connectivity index (χ0v) is 11.6. The summed E-state index contributed by atoms with van der Waals surface area (Å²) in [5.41, 5.74) is 0. The van der Waals surface area contributed by atoms with Crippen molar-refractivity contribution in [1.29, 1.82) is 15.8 Å². The smallest absolute Gasteiger partial charge is 0.106 e. The number of hydrogen-bond acceptors (Lipinski definition) is 6. The van der Waals surface area contributed by atoms with Crippen LogP contribution in [0.1, 0.15) is 20.8 Å². The summed E-state index contributed by atoms with van der Waals surface area (Å²) in [6.07, 6.45) is 0. The Hall–Kier alpha value is -1.83. The summed E-state index contributed by atoms with van der Waals surface area (Å²) in [6.45, 7) is 10.3. The van der Waals surface area contributed by atoms with Gasteiger partial charge in [-0.2, -0.15) is 15.8 Å². The first-order valence-corrected chi connectivity index (χ1v) is 3.04. The second-order valence-corrected chi connectivity index (χ2v) is 0.671. The van der Waals surface area contributed by atoms with Gasteiger partial charge in [0.1, 0.15) is 20.4 Å². The van der Waals surface area contributed by atoms with E-state index >= 15 is 0 Å². The second-order valence-electron chi connectivity index (χ2n) is 0.671. The van der Waals surface area contributed by atoms with Crippen molar-refractivity contribution in [3.8, 4) is 18.2 Å². The maximum absolute atomic E-state index is 8.00. The van der Waals surface area contributed by atoms with Crippen molar-refractivity contribution in [3.05, 3.63) is 0 Å². The van der Waals surface area contributed by atoms with E-state index in [-0.39, 0.29) is 21.1 Å². The average Bonchev–Trinajstić information content (AvgIpc) is 2.29. The van der Waals surface area contributed by atoms with Crippen LogP contribution in [-0.4, -0.2) is 20.4 Å². The third-order valence-electron chi connectivity index (χ3n) is 0. The van der Waals surface area contributed by atoms with Crippen molar-refractivity contribution in [1.82, 2.24) is 0 Å². The molecule has 0 fully saturated rings. The molecule has 6 nitrogen and oxygen atoms in total. The van der Waals surface area contributed by atoms with Crippen molar-refractivity contribution in [2.45, 2.75) is 20.8 Å². The van der Waals surface area contributed by atoms with Gasteiger partial charge in [0.05, 0.1) is 18.2 Å². The quantitative estimate of drug-likeness (QED) is 0.616. The van der Waals surface area contributed by atoms with Gasteiger partial charge in [0.15, 0.2) is 0 Å². The molecule has 0 aliphatic rings. The minimum Gasteiger partial charge on any atom is -0.307 e. The van der Waals surface area contributed by atoms with Crippen LogP contribution in [0.4, 0.5) is 0 Å². The standard InChI is InChI=1S/3C2H3N.3CH2O.Mo/c3*1-2-3;3*1-2;/h3*1H3;3*1H2;. The van der Waals surface area contributed by atoms with Crippen molar-refractivity contribution < 1.29 is 35.4 Å². The van der Waals surface area contributed by atoms with Gasteiger partial charge in [0, 0.05) is 41.8 Å². The summed E-state index contributed by atoms with van der Waals surface area (Å²) >= 11 is 0. The minimum atomic E-state index is 0. The molecule has 0 amide bonds. The Labute approximate surface area is 111 Å². The van der Waals surface area contributed by atoms with Crippen LogP contribution in [0.2, 0.25) is 0 Å². The first-order valence-electron chi connectivity index (χ1n) is 3.04. The molecule has 0 radical (unpaired) electrons. The summed E-state index contributed by atoms with van der Waals surface area (Å²) in [5.74, 6) is 0. The molecule has 0 unspecified atom stereocenters. The first kappa shape index (κ1) is 47.8. The summed E-state index contributed by atoms with van der Waals surface area (Å²) in [5, 5.41) is 22.0. The zero-order valence-electron chi connectivity index (χ0n) is 9.60. The molecule has 0 spiro atoms. The number of rotatable bonds is 0. The molecule has 0 aliphatic heterocycles. The molecule has 7 heteroatoms. The van der Waals surface area contributed by atoms with E-state index < -0.39 is 0 Å². The van der Waals surface area contributed by atoms with Crippen LogP contribution in [0, 0.1) is 34.0 Å². The molecule has 0 aromatic rings. The predicted molar refractivity (Wildman–Crippen MR) is 55.2 cm³/mol. The van der Waals surface area contributed by atoms with Gasteiger partial charge in [-0.1, -0.05) is 0 Å². The van der Waals surface area contributed by atoms with E-state index in [0.717, 1.165) is 0 Å². The predicted octanol–water partition coefficient (Wildman–Crippen LogP) is 1.03. The van der Waals surface area contributed by atoms with E-state index in [2.05, 4.69) is 0 Å². The number of carbonyl (C=O) groups excluding carboxylic acids is 3. The van der Waals surface area contributed by atoms with Gasteiger partial charge in [-0.15, -0.1) is 0 Å². The number of nitrogens with zero attached hydrogens (tertiary/aromatic N) is 3. The maximum atomic E-state index is 8.00. The Bertz CT molecular complexity index is 149. The molecule has 0 atom stereocenters. The van der Waals surface area contributed by atoms with Crippen molar-refractivity contribution in [3.63, 3.8) is 0 Å². The van der Waals surface area contributed by atoms with Crippen LogP contribution in [0.3, 0.4) is 0 Å².